The van der Waals surface area contributed by atoms with Gasteiger partial charge in [-0.15, -0.1) is 0 Å². The van der Waals surface area contributed by atoms with E-state index >= 15 is 0 Å². The second-order valence-electron chi connectivity index (χ2n) is 5.83. The Kier molecular flexibility index (Phi) is 7.01. The van der Waals surface area contributed by atoms with Gasteiger partial charge in [0.2, 0.25) is 5.91 Å². The first-order valence-electron chi connectivity index (χ1n) is 8.43. The van der Waals surface area contributed by atoms with Gasteiger partial charge in [-0.25, -0.2) is 0 Å². The maximum Gasteiger partial charge on any atom is 0.257 e. The zero-order valence-corrected chi connectivity index (χ0v) is 14.6. The van der Waals surface area contributed by atoms with Crippen LogP contribution in [-0.4, -0.2) is 25.0 Å². The van der Waals surface area contributed by atoms with E-state index in [0.717, 1.165) is 0 Å². The summed E-state index contributed by atoms with van der Waals surface area (Å²) in [5.74, 6) is 0.536. The number of ether oxygens (including phenoxy) is 1. The number of carbonyl (C=O) groups is 2. The van der Waals surface area contributed by atoms with Gasteiger partial charge in [0.25, 0.3) is 5.91 Å². The Morgan fingerprint density at radius 1 is 1.04 bits per heavy atom. The topological polar surface area (TPSA) is 67.4 Å². The van der Waals surface area contributed by atoms with Crippen molar-refractivity contribution in [2.45, 2.75) is 26.2 Å². The monoisotopic (exact) mass is 340 g/mol. The average molecular weight is 340 g/mol. The van der Waals surface area contributed by atoms with E-state index in [1.165, 1.54) is 5.56 Å². The van der Waals surface area contributed by atoms with E-state index < -0.39 is 0 Å². The zero-order chi connectivity index (χ0) is 18.1. The number of amides is 2. The van der Waals surface area contributed by atoms with Crippen LogP contribution in [0.4, 0.5) is 5.69 Å². The molecule has 2 aromatic rings. The molecule has 25 heavy (non-hydrogen) atoms. The van der Waals surface area contributed by atoms with Crippen LogP contribution in [0, 0.1) is 0 Å². The second kappa shape index (κ2) is 9.47. The highest BCUT2D eigenvalue weighted by atomic mass is 16.5. The number of hydrogen-bond donors (Lipinski definition) is 2. The SMILES string of the molecule is CCC(=O)Nc1cccc(OCC(=O)NCC(C)c2ccccc2)c1. The zero-order valence-electron chi connectivity index (χ0n) is 14.6. The van der Waals surface area contributed by atoms with Crippen LogP contribution in [0.25, 0.3) is 0 Å². The van der Waals surface area contributed by atoms with Gasteiger partial charge in [-0.05, 0) is 23.6 Å². The predicted molar refractivity (Wildman–Crippen MR) is 98.7 cm³/mol. The fourth-order valence-corrected chi connectivity index (χ4v) is 2.28. The second-order valence-corrected chi connectivity index (χ2v) is 5.83. The maximum atomic E-state index is 12.0. The minimum Gasteiger partial charge on any atom is -0.484 e. The quantitative estimate of drug-likeness (QED) is 0.774. The van der Waals surface area contributed by atoms with Crippen LogP contribution in [0.2, 0.25) is 0 Å². The molecule has 5 nitrogen and oxygen atoms in total. The van der Waals surface area contributed by atoms with Crippen molar-refractivity contribution in [2.24, 2.45) is 0 Å². The van der Waals surface area contributed by atoms with Crippen LogP contribution in [0.5, 0.6) is 5.75 Å². The highest BCUT2D eigenvalue weighted by Crippen LogP contribution is 2.17. The molecule has 0 saturated carbocycles. The van der Waals surface area contributed by atoms with Gasteiger partial charge >= 0.3 is 0 Å². The van der Waals surface area contributed by atoms with Gasteiger partial charge in [-0.1, -0.05) is 50.2 Å². The van der Waals surface area contributed by atoms with Crippen LogP contribution in [0.3, 0.4) is 0 Å². The smallest absolute Gasteiger partial charge is 0.257 e. The molecule has 0 aliphatic rings. The molecule has 2 aromatic carbocycles. The average Bonchev–Trinajstić information content (AvgIpc) is 2.65. The van der Waals surface area contributed by atoms with Crippen LogP contribution in [0.15, 0.2) is 54.6 Å². The van der Waals surface area contributed by atoms with Gasteiger partial charge in [-0.2, -0.15) is 0 Å². The van der Waals surface area contributed by atoms with Crippen LogP contribution < -0.4 is 15.4 Å². The summed E-state index contributed by atoms with van der Waals surface area (Å²) in [5.41, 5.74) is 1.84. The summed E-state index contributed by atoms with van der Waals surface area (Å²) in [6, 6.07) is 17.0. The number of rotatable bonds is 8. The maximum absolute atomic E-state index is 12.0. The normalized spacial score (nSPS) is 11.4. The minimum atomic E-state index is -0.175. The van der Waals surface area contributed by atoms with Gasteiger partial charge in [0, 0.05) is 24.7 Å². The summed E-state index contributed by atoms with van der Waals surface area (Å²) < 4.78 is 5.50. The van der Waals surface area contributed by atoms with Crippen molar-refractivity contribution in [3.05, 3.63) is 60.2 Å². The Labute approximate surface area is 148 Å². The fraction of sp³-hybridized carbons (Fsp3) is 0.300. The van der Waals surface area contributed by atoms with Gasteiger partial charge in [0.05, 0.1) is 0 Å². The van der Waals surface area contributed by atoms with Crippen molar-refractivity contribution in [2.75, 3.05) is 18.5 Å². The summed E-state index contributed by atoms with van der Waals surface area (Å²) in [6.45, 7) is 4.35. The van der Waals surface area contributed by atoms with E-state index in [9.17, 15) is 9.59 Å². The molecule has 1 unspecified atom stereocenters. The predicted octanol–water partition coefficient (Wildman–Crippen LogP) is 3.33. The Morgan fingerprint density at radius 3 is 2.52 bits per heavy atom. The van der Waals surface area contributed by atoms with E-state index in [0.29, 0.717) is 24.4 Å². The highest BCUT2D eigenvalue weighted by molar-refractivity contribution is 5.90. The molecule has 0 aromatic heterocycles. The molecule has 0 saturated heterocycles. The first-order valence-corrected chi connectivity index (χ1v) is 8.43. The van der Waals surface area contributed by atoms with Crippen LogP contribution in [-0.2, 0) is 9.59 Å². The molecule has 0 spiro atoms. The van der Waals surface area contributed by atoms with Crippen molar-refractivity contribution in [1.29, 1.82) is 0 Å². The Hall–Kier alpha value is -2.82. The van der Waals surface area contributed by atoms with E-state index in [-0.39, 0.29) is 24.3 Å². The van der Waals surface area contributed by atoms with Crippen molar-refractivity contribution >= 4 is 17.5 Å². The minimum absolute atomic E-state index is 0.0628. The van der Waals surface area contributed by atoms with E-state index in [1.807, 2.05) is 30.3 Å². The van der Waals surface area contributed by atoms with Gasteiger partial charge in [-0.3, -0.25) is 9.59 Å². The van der Waals surface area contributed by atoms with Gasteiger partial charge in [0.1, 0.15) is 5.75 Å². The molecule has 0 aliphatic carbocycles. The van der Waals surface area contributed by atoms with Crippen LogP contribution in [0.1, 0.15) is 31.7 Å². The number of hydrogen-bond acceptors (Lipinski definition) is 3. The molecule has 2 N–H and O–H groups in total. The van der Waals surface area contributed by atoms with Gasteiger partial charge in [0.15, 0.2) is 6.61 Å². The summed E-state index contributed by atoms with van der Waals surface area (Å²) in [7, 11) is 0. The molecule has 0 bridgehead atoms. The van der Waals surface area contributed by atoms with Crippen molar-refractivity contribution < 1.29 is 14.3 Å². The first-order chi connectivity index (χ1) is 12.1. The van der Waals surface area contributed by atoms with Crippen LogP contribution >= 0.6 is 0 Å². The third-order valence-electron chi connectivity index (χ3n) is 3.78. The largest absolute Gasteiger partial charge is 0.484 e. The summed E-state index contributed by atoms with van der Waals surface area (Å²) in [4.78, 5) is 23.4. The molecule has 1 atom stereocenters. The standard InChI is InChI=1S/C20H24N2O3/c1-3-19(23)22-17-10-7-11-18(12-17)25-14-20(24)21-13-15(2)16-8-5-4-6-9-16/h4-12,15H,3,13-14H2,1-2H3,(H,21,24)(H,22,23). The third-order valence-corrected chi connectivity index (χ3v) is 3.78. The number of nitrogens with one attached hydrogen (secondary N) is 2. The molecule has 2 amide bonds. The number of carbonyl (C=O) groups excluding carboxylic acids is 2. The number of benzene rings is 2. The molecule has 0 radical (unpaired) electrons. The van der Waals surface area contributed by atoms with Gasteiger partial charge < -0.3 is 15.4 Å². The Morgan fingerprint density at radius 2 is 1.80 bits per heavy atom. The lowest BCUT2D eigenvalue weighted by Gasteiger charge is -2.13. The summed E-state index contributed by atoms with van der Waals surface area (Å²) in [6.07, 6.45) is 0.410. The van der Waals surface area contributed by atoms with Crippen molar-refractivity contribution in [1.82, 2.24) is 5.32 Å². The molecule has 132 valence electrons. The molecule has 0 fully saturated rings. The van der Waals surface area contributed by atoms with E-state index in [1.54, 1.807) is 31.2 Å². The summed E-state index contributed by atoms with van der Waals surface area (Å²) in [5, 5.41) is 5.63. The Balaban J connectivity index is 1.78. The molecule has 5 heteroatoms. The molecular weight excluding hydrogens is 316 g/mol. The number of anilines is 1. The van der Waals surface area contributed by atoms with Crippen molar-refractivity contribution in [3.8, 4) is 5.75 Å². The lowest BCUT2D eigenvalue weighted by atomic mass is 10.0. The first kappa shape index (κ1) is 18.5. The molecule has 0 heterocycles. The lowest BCUT2D eigenvalue weighted by molar-refractivity contribution is -0.123. The van der Waals surface area contributed by atoms with E-state index in [4.69, 9.17) is 4.74 Å². The lowest BCUT2D eigenvalue weighted by Crippen LogP contribution is -2.31. The highest BCUT2D eigenvalue weighted by Gasteiger charge is 2.08. The third kappa shape index (κ3) is 6.30. The fourth-order valence-electron chi connectivity index (χ4n) is 2.28. The molecule has 0 aliphatic heterocycles. The molecular formula is C20H24N2O3. The summed E-state index contributed by atoms with van der Waals surface area (Å²) >= 11 is 0. The van der Waals surface area contributed by atoms with Crippen molar-refractivity contribution in [3.63, 3.8) is 0 Å². The Bertz CT molecular complexity index is 701. The molecule has 2 rings (SSSR count). The van der Waals surface area contributed by atoms with E-state index in [2.05, 4.69) is 17.6 Å².